The van der Waals surface area contributed by atoms with Gasteiger partial charge in [0.2, 0.25) is 0 Å². The molecular weight excluding hydrogens is 260 g/mol. The van der Waals surface area contributed by atoms with Crippen LogP contribution in [0.25, 0.3) is 0 Å². The van der Waals surface area contributed by atoms with Crippen LogP contribution < -0.4 is 21.3 Å². The minimum Gasteiger partial charge on any atom is -0.317 e. The van der Waals surface area contributed by atoms with Crippen molar-refractivity contribution in [2.75, 3.05) is 40.3 Å². The molecule has 4 nitrogen and oxygen atoms in total. The molecule has 0 unspecified atom stereocenters. The third-order valence-corrected chi connectivity index (χ3v) is 4.20. The SMILES string of the molecule is CN[C@H](C)CCNCCCCCCCNCC[C@H](C)NC. The molecule has 0 aromatic heterocycles. The van der Waals surface area contributed by atoms with Crippen molar-refractivity contribution in [3.63, 3.8) is 0 Å². The van der Waals surface area contributed by atoms with Crippen LogP contribution >= 0.6 is 0 Å². The van der Waals surface area contributed by atoms with Crippen LogP contribution in [0.15, 0.2) is 0 Å². The summed E-state index contributed by atoms with van der Waals surface area (Å²) in [7, 11) is 4.06. The van der Waals surface area contributed by atoms with Crippen LogP contribution in [-0.4, -0.2) is 52.4 Å². The van der Waals surface area contributed by atoms with E-state index in [1.165, 1.54) is 58.0 Å². The first-order valence-corrected chi connectivity index (χ1v) is 8.96. The number of unbranched alkanes of at least 4 members (excludes halogenated alkanes) is 4. The maximum absolute atomic E-state index is 3.53. The number of nitrogens with one attached hydrogen (secondary N) is 4. The Kier molecular flexibility index (Phi) is 16.1. The molecule has 2 atom stereocenters. The standard InChI is InChI=1S/C17H40N4/c1-16(18-3)10-14-20-12-8-6-5-7-9-13-21-15-11-17(2)19-4/h16-21H,5-15H2,1-4H3/t16-,17+. The van der Waals surface area contributed by atoms with E-state index in [0.29, 0.717) is 12.1 Å². The zero-order chi connectivity index (χ0) is 15.8. The van der Waals surface area contributed by atoms with Gasteiger partial charge in [-0.1, -0.05) is 19.3 Å². The molecule has 0 heterocycles. The zero-order valence-electron chi connectivity index (χ0n) is 14.9. The summed E-state index contributed by atoms with van der Waals surface area (Å²) in [6.07, 6.45) is 9.19. The van der Waals surface area contributed by atoms with E-state index in [-0.39, 0.29) is 0 Å². The van der Waals surface area contributed by atoms with Crippen molar-refractivity contribution in [1.29, 1.82) is 0 Å². The second kappa shape index (κ2) is 16.2. The Balaban J connectivity index is 3.03. The lowest BCUT2D eigenvalue weighted by Crippen LogP contribution is -2.27. The second-order valence-electron chi connectivity index (χ2n) is 6.22. The number of hydrogen-bond donors (Lipinski definition) is 4. The van der Waals surface area contributed by atoms with E-state index in [0.717, 1.165) is 13.1 Å². The average molecular weight is 301 g/mol. The molecule has 0 bridgehead atoms. The molecule has 0 aromatic rings. The van der Waals surface area contributed by atoms with Gasteiger partial charge in [-0.25, -0.2) is 0 Å². The molecule has 0 rings (SSSR count). The van der Waals surface area contributed by atoms with Gasteiger partial charge in [0.05, 0.1) is 0 Å². The van der Waals surface area contributed by atoms with Gasteiger partial charge in [0, 0.05) is 12.1 Å². The summed E-state index contributed by atoms with van der Waals surface area (Å²) in [5.41, 5.74) is 0. The van der Waals surface area contributed by atoms with Crippen LogP contribution in [0.2, 0.25) is 0 Å². The monoisotopic (exact) mass is 300 g/mol. The van der Waals surface area contributed by atoms with Gasteiger partial charge in [0.25, 0.3) is 0 Å². The molecule has 0 aromatic carbocycles. The van der Waals surface area contributed by atoms with E-state index in [9.17, 15) is 0 Å². The third-order valence-electron chi connectivity index (χ3n) is 4.20. The van der Waals surface area contributed by atoms with Crippen molar-refractivity contribution in [3.05, 3.63) is 0 Å². The molecule has 0 saturated heterocycles. The van der Waals surface area contributed by atoms with Crippen molar-refractivity contribution in [2.45, 2.75) is 70.9 Å². The fourth-order valence-corrected chi connectivity index (χ4v) is 2.21. The minimum absolute atomic E-state index is 0.626. The molecule has 21 heavy (non-hydrogen) atoms. The highest BCUT2D eigenvalue weighted by atomic mass is 14.9. The fourth-order valence-electron chi connectivity index (χ4n) is 2.21. The Morgan fingerprint density at radius 1 is 0.571 bits per heavy atom. The van der Waals surface area contributed by atoms with Crippen LogP contribution in [0, 0.1) is 0 Å². The molecule has 0 fully saturated rings. The Bertz CT molecular complexity index is 179. The highest BCUT2D eigenvalue weighted by molar-refractivity contribution is 4.60. The molecule has 4 N–H and O–H groups in total. The molecule has 0 aliphatic carbocycles. The Morgan fingerprint density at radius 2 is 0.952 bits per heavy atom. The maximum Gasteiger partial charge on any atom is 0.00478 e. The van der Waals surface area contributed by atoms with E-state index in [4.69, 9.17) is 0 Å². The molecule has 0 spiro atoms. The lowest BCUT2D eigenvalue weighted by Gasteiger charge is -2.11. The van der Waals surface area contributed by atoms with Gasteiger partial charge >= 0.3 is 0 Å². The van der Waals surface area contributed by atoms with Crippen molar-refractivity contribution >= 4 is 0 Å². The molecule has 128 valence electrons. The van der Waals surface area contributed by atoms with Gasteiger partial charge in [-0.2, -0.15) is 0 Å². The summed E-state index contributed by atoms with van der Waals surface area (Å²) in [5.74, 6) is 0. The highest BCUT2D eigenvalue weighted by Gasteiger charge is 1.97. The summed E-state index contributed by atoms with van der Waals surface area (Å²) in [6, 6.07) is 1.25. The molecule has 0 radical (unpaired) electrons. The Hall–Kier alpha value is -0.160. The molecule has 0 saturated carbocycles. The van der Waals surface area contributed by atoms with Crippen molar-refractivity contribution in [2.24, 2.45) is 0 Å². The maximum atomic E-state index is 3.53. The smallest absolute Gasteiger partial charge is 0.00478 e. The third kappa shape index (κ3) is 16.0. The summed E-state index contributed by atoms with van der Waals surface area (Å²) in [5, 5.41) is 13.6. The number of rotatable bonds is 16. The van der Waals surface area contributed by atoms with E-state index in [1.807, 2.05) is 14.1 Å². The molecule has 0 aliphatic rings. The topological polar surface area (TPSA) is 48.1 Å². The van der Waals surface area contributed by atoms with E-state index < -0.39 is 0 Å². The van der Waals surface area contributed by atoms with Gasteiger partial charge in [0.15, 0.2) is 0 Å². The van der Waals surface area contributed by atoms with Gasteiger partial charge in [-0.3, -0.25) is 0 Å². The second-order valence-corrected chi connectivity index (χ2v) is 6.22. The van der Waals surface area contributed by atoms with Gasteiger partial charge < -0.3 is 21.3 Å². The first-order valence-electron chi connectivity index (χ1n) is 8.96. The van der Waals surface area contributed by atoms with Crippen LogP contribution in [0.3, 0.4) is 0 Å². The summed E-state index contributed by atoms with van der Waals surface area (Å²) >= 11 is 0. The van der Waals surface area contributed by atoms with Crippen LogP contribution in [0.1, 0.15) is 58.8 Å². The van der Waals surface area contributed by atoms with Crippen LogP contribution in [0.5, 0.6) is 0 Å². The Labute approximate surface area is 133 Å². The van der Waals surface area contributed by atoms with Crippen molar-refractivity contribution in [1.82, 2.24) is 21.3 Å². The molecule has 4 heteroatoms. The minimum atomic E-state index is 0.626. The zero-order valence-corrected chi connectivity index (χ0v) is 14.9. The van der Waals surface area contributed by atoms with E-state index in [2.05, 4.69) is 35.1 Å². The fraction of sp³-hybridized carbons (Fsp3) is 1.00. The summed E-state index contributed by atoms with van der Waals surface area (Å²) in [4.78, 5) is 0. The van der Waals surface area contributed by atoms with Crippen molar-refractivity contribution in [3.8, 4) is 0 Å². The average Bonchev–Trinajstić information content (AvgIpc) is 2.51. The predicted octanol–water partition coefficient (Wildman–Crippen LogP) is 2.11. The van der Waals surface area contributed by atoms with Gasteiger partial charge in [-0.05, 0) is 79.8 Å². The molecular formula is C17H40N4. The lowest BCUT2D eigenvalue weighted by molar-refractivity contribution is 0.503. The van der Waals surface area contributed by atoms with Gasteiger partial charge in [0.1, 0.15) is 0 Å². The molecule has 0 aliphatic heterocycles. The van der Waals surface area contributed by atoms with Gasteiger partial charge in [-0.15, -0.1) is 0 Å². The lowest BCUT2D eigenvalue weighted by atomic mass is 10.1. The Morgan fingerprint density at radius 3 is 1.33 bits per heavy atom. The largest absolute Gasteiger partial charge is 0.317 e. The van der Waals surface area contributed by atoms with E-state index >= 15 is 0 Å². The quantitative estimate of drug-likeness (QED) is 0.330. The normalized spacial score (nSPS) is 14.3. The van der Waals surface area contributed by atoms with Crippen molar-refractivity contribution < 1.29 is 0 Å². The number of hydrogen-bond acceptors (Lipinski definition) is 4. The van der Waals surface area contributed by atoms with Crippen LogP contribution in [0.4, 0.5) is 0 Å². The molecule has 0 amide bonds. The van der Waals surface area contributed by atoms with Crippen LogP contribution in [-0.2, 0) is 0 Å². The first kappa shape index (κ1) is 20.8. The first-order chi connectivity index (χ1) is 10.2. The summed E-state index contributed by atoms with van der Waals surface area (Å²) in [6.45, 7) is 9.09. The van der Waals surface area contributed by atoms with E-state index in [1.54, 1.807) is 0 Å². The predicted molar refractivity (Wildman–Crippen MR) is 95.1 cm³/mol. The highest BCUT2D eigenvalue weighted by Crippen LogP contribution is 2.01. The summed E-state index contributed by atoms with van der Waals surface area (Å²) < 4.78 is 0.